The Morgan fingerprint density at radius 1 is 1.22 bits per heavy atom. The highest BCUT2D eigenvalue weighted by Gasteiger charge is 2.45. The molecule has 14 heteroatoms. The van der Waals surface area contributed by atoms with Crippen LogP contribution in [0.5, 0.6) is 5.75 Å². The van der Waals surface area contributed by atoms with Crippen LogP contribution in [0.2, 0.25) is 0 Å². The minimum atomic E-state index is -1.11. The molecule has 0 saturated carbocycles. The number of fused-ring (bicyclic) bond motifs is 1. The summed E-state index contributed by atoms with van der Waals surface area (Å²) < 4.78 is 43.8. The summed E-state index contributed by atoms with van der Waals surface area (Å²) in [5, 5.41) is 12.9. The molecule has 3 rings (SSSR count). The summed E-state index contributed by atoms with van der Waals surface area (Å²) in [4.78, 5) is 55.0. The molecule has 0 radical (unpaired) electrons. The number of ether oxygens (including phenoxy) is 3. The number of carbonyl (C=O) groups is 3. The topological polar surface area (TPSA) is 154 Å². The number of Topliss-reactive ketones (excluding diaryl/α,β-unsaturated/α-hetero) is 1. The summed E-state index contributed by atoms with van der Waals surface area (Å²) in [6, 6.07) is 2.85. The molecule has 0 aliphatic carbocycles. The molecule has 224 valence electrons. The average Bonchev–Trinajstić information content (AvgIpc) is 2.89. The van der Waals surface area contributed by atoms with Gasteiger partial charge in [0, 0.05) is 37.5 Å². The molecular weight excluding hydrogens is 548 g/mol. The van der Waals surface area contributed by atoms with Crippen molar-refractivity contribution in [3.63, 3.8) is 0 Å². The van der Waals surface area contributed by atoms with Crippen molar-refractivity contribution < 1.29 is 47.3 Å². The average molecular weight is 582 g/mol. The Kier molecular flexibility index (Phi) is 10.5. The third-order valence-corrected chi connectivity index (χ3v) is 6.33. The van der Waals surface area contributed by atoms with E-state index in [-0.39, 0.29) is 43.9 Å². The number of benzene rings is 1. The van der Waals surface area contributed by atoms with E-state index in [1.807, 2.05) is 0 Å². The largest absolute Gasteiger partial charge is 0.510 e. The first kappa shape index (κ1) is 31.6. The number of aromatic nitrogens is 1. The van der Waals surface area contributed by atoms with Crippen molar-refractivity contribution in [2.24, 2.45) is 5.41 Å². The number of nitrogens with zero attached hydrogens (tertiary/aromatic N) is 1. The van der Waals surface area contributed by atoms with Gasteiger partial charge in [-0.1, -0.05) is 6.07 Å². The SMILES string of the molecule is CC(C)OC(=O)OCONCCCOC1Cn2cc(C(=O)NCc3ccc(F)cc3F)c(=O)c(O)c2C(=O)C1(C)C. The van der Waals surface area contributed by atoms with Gasteiger partial charge < -0.3 is 29.2 Å². The van der Waals surface area contributed by atoms with Crippen molar-refractivity contribution in [2.45, 2.75) is 59.4 Å². The smallest absolute Gasteiger partial charge is 0.503 e. The molecule has 41 heavy (non-hydrogen) atoms. The second-order valence-electron chi connectivity index (χ2n) is 10.1. The van der Waals surface area contributed by atoms with Crippen LogP contribution in [0.15, 0.2) is 29.2 Å². The van der Waals surface area contributed by atoms with Crippen LogP contribution in [0.4, 0.5) is 13.6 Å². The third kappa shape index (κ3) is 7.86. The van der Waals surface area contributed by atoms with Crippen LogP contribution in [0.25, 0.3) is 0 Å². The van der Waals surface area contributed by atoms with Gasteiger partial charge in [-0.15, -0.1) is 0 Å². The van der Waals surface area contributed by atoms with Gasteiger partial charge in [0.2, 0.25) is 12.2 Å². The molecule has 1 aliphatic rings. The predicted molar refractivity (Wildman–Crippen MR) is 139 cm³/mol. The molecule has 3 N–H and O–H groups in total. The first-order chi connectivity index (χ1) is 19.3. The van der Waals surface area contributed by atoms with Crippen molar-refractivity contribution >= 4 is 17.8 Å². The van der Waals surface area contributed by atoms with Crippen LogP contribution < -0.4 is 16.2 Å². The van der Waals surface area contributed by atoms with E-state index in [0.29, 0.717) is 19.0 Å². The van der Waals surface area contributed by atoms with Crippen LogP contribution in [0.1, 0.15) is 60.5 Å². The fourth-order valence-electron chi connectivity index (χ4n) is 4.04. The zero-order chi connectivity index (χ0) is 30.3. The Labute approximate surface area is 234 Å². The van der Waals surface area contributed by atoms with Crippen molar-refractivity contribution in [2.75, 3.05) is 19.9 Å². The molecule has 0 saturated heterocycles. The maximum atomic E-state index is 13.9. The Morgan fingerprint density at radius 3 is 2.63 bits per heavy atom. The van der Waals surface area contributed by atoms with Gasteiger partial charge >= 0.3 is 6.16 Å². The second kappa shape index (κ2) is 13.7. The molecule has 1 atom stereocenters. The summed E-state index contributed by atoms with van der Waals surface area (Å²) in [7, 11) is 0. The maximum absolute atomic E-state index is 13.9. The van der Waals surface area contributed by atoms with Gasteiger partial charge in [-0.25, -0.2) is 13.6 Å². The lowest BCUT2D eigenvalue weighted by Gasteiger charge is -2.39. The molecule has 1 aromatic heterocycles. The first-order valence-corrected chi connectivity index (χ1v) is 12.9. The lowest BCUT2D eigenvalue weighted by molar-refractivity contribution is -0.0922. The molecule has 1 unspecified atom stereocenters. The van der Waals surface area contributed by atoms with Crippen molar-refractivity contribution in [1.82, 2.24) is 15.4 Å². The number of nitrogens with one attached hydrogen (secondary N) is 2. The van der Waals surface area contributed by atoms with Crippen molar-refractivity contribution in [3.8, 4) is 5.75 Å². The molecule has 2 heterocycles. The molecule has 1 amide bonds. The molecular formula is C27H33F2N3O9. The highest BCUT2D eigenvalue weighted by molar-refractivity contribution is 6.03. The van der Waals surface area contributed by atoms with E-state index in [4.69, 9.17) is 19.0 Å². The van der Waals surface area contributed by atoms with Crippen LogP contribution >= 0.6 is 0 Å². The molecule has 0 fully saturated rings. The summed E-state index contributed by atoms with van der Waals surface area (Å²) in [5.41, 5.74) is -0.266. The van der Waals surface area contributed by atoms with E-state index in [1.165, 1.54) is 4.57 Å². The van der Waals surface area contributed by atoms with Crippen LogP contribution in [0, 0.1) is 17.0 Å². The molecule has 0 spiro atoms. The van der Waals surface area contributed by atoms with Crippen LogP contribution in [-0.4, -0.2) is 59.7 Å². The second-order valence-corrected chi connectivity index (χ2v) is 10.1. The number of aromatic hydroxyl groups is 1. The van der Waals surface area contributed by atoms with E-state index in [0.717, 1.165) is 18.3 Å². The van der Waals surface area contributed by atoms with Gasteiger partial charge in [0.05, 0.1) is 24.2 Å². The Balaban J connectivity index is 1.60. The molecule has 0 bridgehead atoms. The Bertz CT molecular complexity index is 1340. The fourth-order valence-corrected chi connectivity index (χ4v) is 4.04. The predicted octanol–water partition coefficient (Wildman–Crippen LogP) is 2.80. The zero-order valence-electron chi connectivity index (χ0n) is 23.1. The fraction of sp³-hybridized carbons (Fsp3) is 0.481. The number of rotatable bonds is 12. The number of halogens is 2. The summed E-state index contributed by atoms with van der Waals surface area (Å²) in [5.74, 6) is -3.98. The van der Waals surface area contributed by atoms with Gasteiger partial charge in [0.25, 0.3) is 5.91 Å². The Hall–Kier alpha value is -3.88. The number of hydrogen-bond acceptors (Lipinski definition) is 10. The quantitative estimate of drug-likeness (QED) is 0.148. The number of pyridine rings is 1. The van der Waals surface area contributed by atoms with Gasteiger partial charge in [0.15, 0.2) is 11.5 Å². The van der Waals surface area contributed by atoms with Gasteiger partial charge in [0.1, 0.15) is 22.9 Å². The minimum absolute atomic E-state index is 0.00604. The zero-order valence-corrected chi connectivity index (χ0v) is 23.1. The summed E-state index contributed by atoms with van der Waals surface area (Å²) in [6.07, 6.45) is -0.250. The normalized spacial score (nSPS) is 15.9. The number of hydroxylamine groups is 1. The number of hydrogen-bond donors (Lipinski definition) is 3. The molecule has 12 nitrogen and oxygen atoms in total. The van der Waals surface area contributed by atoms with E-state index in [2.05, 4.69) is 10.8 Å². The highest BCUT2D eigenvalue weighted by Crippen LogP contribution is 2.36. The summed E-state index contributed by atoms with van der Waals surface area (Å²) >= 11 is 0. The monoisotopic (exact) mass is 581 g/mol. The number of ketones is 1. The molecule has 2 aromatic rings. The van der Waals surface area contributed by atoms with E-state index < -0.39 is 57.7 Å². The highest BCUT2D eigenvalue weighted by atomic mass is 19.1. The maximum Gasteiger partial charge on any atom is 0.510 e. The summed E-state index contributed by atoms with van der Waals surface area (Å²) in [6.45, 7) is 6.49. The van der Waals surface area contributed by atoms with Crippen LogP contribution in [0.3, 0.4) is 0 Å². The minimum Gasteiger partial charge on any atom is -0.503 e. The third-order valence-electron chi connectivity index (χ3n) is 6.33. The lowest BCUT2D eigenvalue weighted by Crippen LogP contribution is -2.48. The number of carbonyl (C=O) groups excluding carboxylic acids is 3. The standard InChI is InChI=1S/C27H33F2N3O9/c1-15(2)41-26(37)39-14-40-31-8-5-9-38-20-13-32-12-18(22(33)23(34)21(32)24(35)27(20,3)4)25(36)30-11-16-6-7-17(28)10-19(16)29/h6-7,10,12,15,20,31,34H,5,8-9,11,13-14H2,1-4H3,(H,30,36). The van der Waals surface area contributed by atoms with Crippen LogP contribution in [-0.2, 0) is 32.1 Å². The van der Waals surface area contributed by atoms with Gasteiger partial charge in [-0.05, 0) is 40.2 Å². The van der Waals surface area contributed by atoms with E-state index in [9.17, 15) is 33.1 Å². The van der Waals surface area contributed by atoms with E-state index >= 15 is 0 Å². The Morgan fingerprint density at radius 2 is 1.95 bits per heavy atom. The molecule has 1 aromatic carbocycles. The van der Waals surface area contributed by atoms with Crippen molar-refractivity contribution in [3.05, 3.63) is 63.1 Å². The van der Waals surface area contributed by atoms with Gasteiger partial charge in [-0.2, -0.15) is 5.48 Å². The van der Waals surface area contributed by atoms with E-state index in [1.54, 1.807) is 27.7 Å². The van der Waals surface area contributed by atoms with Gasteiger partial charge in [-0.3, -0.25) is 19.2 Å². The molecule has 1 aliphatic heterocycles. The van der Waals surface area contributed by atoms with Crippen molar-refractivity contribution in [1.29, 1.82) is 0 Å². The first-order valence-electron chi connectivity index (χ1n) is 12.9. The lowest BCUT2D eigenvalue weighted by atomic mass is 9.77. The number of amides is 1.